The summed E-state index contributed by atoms with van der Waals surface area (Å²) < 4.78 is 7.62. The number of aromatic nitrogens is 1. The van der Waals surface area contributed by atoms with E-state index >= 15 is 0 Å². The Labute approximate surface area is 140 Å². The van der Waals surface area contributed by atoms with Gasteiger partial charge in [-0.05, 0) is 64.6 Å². The van der Waals surface area contributed by atoms with Gasteiger partial charge in [-0.25, -0.2) is 4.79 Å². The van der Waals surface area contributed by atoms with Crippen molar-refractivity contribution in [2.45, 2.75) is 59.2 Å². The van der Waals surface area contributed by atoms with Crippen LogP contribution in [0.2, 0.25) is 0 Å². The highest BCUT2D eigenvalue weighted by Gasteiger charge is 2.26. The highest BCUT2D eigenvalue weighted by Crippen LogP contribution is 2.19. The van der Waals surface area contributed by atoms with Crippen LogP contribution in [0.1, 0.15) is 46.1 Å². The maximum atomic E-state index is 12.0. The first-order valence-corrected chi connectivity index (χ1v) is 8.70. The summed E-state index contributed by atoms with van der Waals surface area (Å²) in [6, 6.07) is 2.17. The number of amides is 1. The Morgan fingerprint density at radius 1 is 1.35 bits per heavy atom. The third-order valence-electron chi connectivity index (χ3n) is 4.21. The second kappa shape index (κ2) is 7.86. The van der Waals surface area contributed by atoms with Gasteiger partial charge >= 0.3 is 6.09 Å². The zero-order valence-corrected chi connectivity index (χ0v) is 15.0. The van der Waals surface area contributed by atoms with E-state index in [1.54, 1.807) is 0 Å². The molecule has 1 aromatic rings. The molecule has 0 bridgehead atoms. The van der Waals surface area contributed by atoms with Crippen molar-refractivity contribution >= 4 is 6.09 Å². The number of nitrogens with one attached hydrogen (secondary N) is 1. The molecule has 1 amide bonds. The normalized spacial score (nSPS) is 16.6. The largest absolute Gasteiger partial charge is 0.444 e. The van der Waals surface area contributed by atoms with E-state index in [0.29, 0.717) is 5.92 Å². The van der Waals surface area contributed by atoms with E-state index in [0.717, 1.165) is 45.6 Å². The summed E-state index contributed by atoms with van der Waals surface area (Å²) in [5.41, 5.74) is 0.919. The number of likely N-dealkylation sites (tertiary alicyclic amines) is 1. The monoisotopic (exact) mass is 321 g/mol. The third kappa shape index (κ3) is 5.90. The lowest BCUT2D eigenvalue weighted by atomic mass is 9.97. The quantitative estimate of drug-likeness (QED) is 0.905. The first-order chi connectivity index (χ1) is 10.9. The fourth-order valence-corrected chi connectivity index (χ4v) is 2.86. The van der Waals surface area contributed by atoms with Crippen molar-refractivity contribution in [3.63, 3.8) is 0 Å². The fraction of sp³-hybridized carbons (Fsp3) is 0.722. The smallest absolute Gasteiger partial charge is 0.410 e. The van der Waals surface area contributed by atoms with E-state index < -0.39 is 5.60 Å². The average Bonchev–Trinajstić information content (AvgIpc) is 2.94. The molecular formula is C18H31N3O2. The molecule has 2 heterocycles. The van der Waals surface area contributed by atoms with Crippen molar-refractivity contribution in [2.75, 3.05) is 19.6 Å². The van der Waals surface area contributed by atoms with Gasteiger partial charge in [0.2, 0.25) is 0 Å². The zero-order chi connectivity index (χ0) is 16.9. The highest BCUT2D eigenvalue weighted by molar-refractivity contribution is 5.68. The lowest BCUT2D eigenvalue weighted by Gasteiger charge is -2.33. The first kappa shape index (κ1) is 17.9. The molecule has 0 atom stereocenters. The van der Waals surface area contributed by atoms with E-state index in [2.05, 4.69) is 35.3 Å². The Morgan fingerprint density at radius 2 is 2.04 bits per heavy atom. The molecule has 1 aliphatic heterocycles. The maximum Gasteiger partial charge on any atom is 0.410 e. The van der Waals surface area contributed by atoms with E-state index in [1.165, 1.54) is 5.56 Å². The number of aryl methyl sites for hydroxylation is 1. The summed E-state index contributed by atoms with van der Waals surface area (Å²) in [4.78, 5) is 13.9. The number of nitrogens with zero attached hydrogens (tertiary/aromatic N) is 2. The van der Waals surface area contributed by atoms with Crippen LogP contribution in [0.15, 0.2) is 18.5 Å². The van der Waals surface area contributed by atoms with Gasteiger partial charge in [-0.1, -0.05) is 0 Å². The van der Waals surface area contributed by atoms with Crippen LogP contribution >= 0.6 is 0 Å². The number of rotatable bonds is 5. The van der Waals surface area contributed by atoms with Crippen LogP contribution in [0.4, 0.5) is 4.79 Å². The standard InChI is InChI=1S/C18H31N3O2/c1-5-20-9-6-16(14-20)13-19-12-15-7-10-21(11-8-15)17(22)23-18(2,3)4/h6,9,14-15,19H,5,7-8,10-13H2,1-4H3. The average molecular weight is 321 g/mol. The van der Waals surface area contributed by atoms with Crippen molar-refractivity contribution in [3.8, 4) is 0 Å². The molecule has 0 spiro atoms. The van der Waals surface area contributed by atoms with Crippen molar-refractivity contribution in [3.05, 3.63) is 24.0 Å². The van der Waals surface area contributed by atoms with Gasteiger partial charge in [0.1, 0.15) is 5.60 Å². The minimum Gasteiger partial charge on any atom is -0.444 e. The topological polar surface area (TPSA) is 46.5 Å². The lowest BCUT2D eigenvalue weighted by molar-refractivity contribution is 0.0184. The Kier molecular flexibility index (Phi) is 6.10. The van der Waals surface area contributed by atoms with Crippen molar-refractivity contribution in [2.24, 2.45) is 5.92 Å². The molecule has 1 aromatic heterocycles. The molecule has 0 aliphatic carbocycles. The van der Waals surface area contributed by atoms with Gasteiger partial charge < -0.3 is 19.5 Å². The fourth-order valence-electron chi connectivity index (χ4n) is 2.86. The molecule has 1 saturated heterocycles. The Balaban J connectivity index is 1.65. The highest BCUT2D eigenvalue weighted by atomic mass is 16.6. The predicted octanol–water partition coefficient (Wildman–Crippen LogP) is 3.24. The molecule has 0 radical (unpaired) electrons. The van der Waals surface area contributed by atoms with Gasteiger partial charge in [0.25, 0.3) is 0 Å². The molecule has 23 heavy (non-hydrogen) atoms. The van der Waals surface area contributed by atoms with Gasteiger partial charge in [-0.2, -0.15) is 0 Å². The predicted molar refractivity (Wildman–Crippen MR) is 92.3 cm³/mol. The molecule has 1 aliphatic rings. The van der Waals surface area contributed by atoms with E-state index in [1.807, 2.05) is 25.7 Å². The number of ether oxygens (including phenoxy) is 1. The third-order valence-corrected chi connectivity index (χ3v) is 4.21. The number of carbonyl (C=O) groups is 1. The van der Waals surface area contributed by atoms with Crippen LogP contribution in [-0.2, 0) is 17.8 Å². The van der Waals surface area contributed by atoms with Gasteiger partial charge in [0.05, 0.1) is 0 Å². The Hall–Kier alpha value is -1.49. The summed E-state index contributed by atoms with van der Waals surface area (Å²) in [7, 11) is 0. The van der Waals surface area contributed by atoms with E-state index in [-0.39, 0.29) is 6.09 Å². The van der Waals surface area contributed by atoms with Crippen LogP contribution < -0.4 is 5.32 Å². The molecule has 0 saturated carbocycles. The van der Waals surface area contributed by atoms with Crippen LogP contribution in [0.3, 0.4) is 0 Å². The number of piperidine rings is 1. The van der Waals surface area contributed by atoms with Crippen molar-refractivity contribution in [1.82, 2.24) is 14.8 Å². The SMILES string of the molecule is CCn1ccc(CNCC2CCN(C(=O)OC(C)(C)C)CC2)c1. The minimum atomic E-state index is -0.412. The number of carbonyl (C=O) groups excluding carboxylic acids is 1. The van der Waals surface area contributed by atoms with Gasteiger partial charge in [-0.3, -0.25) is 0 Å². The lowest BCUT2D eigenvalue weighted by Crippen LogP contribution is -2.43. The Bertz CT molecular complexity index is 497. The molecule has 2 rings (SSSR count). The summed E-state index contributed by atoms with van der Waals surface area (Å²) >= 11 is 0. The molecule has 0 aromatic carbocycles. The van der Waals surface area contributed by atoms with E-state index in [4.69, 9.17) is 4.74 Å². The summed E-state index contributed by atoms with van der Waals surface area (Å²) in [6.45, 7) is 12.4. The molecule has 130 valence electrons. The summed E-state index contributed by atoms with van der Waals surface area (Å²) in [6.07, 6.45) is 6.23. The van der Waals surface area contributed by atoms with Crippen LogP contribution in [0.5, 0.6) is 0 Å². The second-order valence-corrected chi connectivity index (χ2v) is 7.39. The van der Waals surface area contributed by atoms with Crippen LogP contribution in [0.25, 0.3) is 0 Å². The van der Waals surface area contributed by atoms with Gasteiger partial charge in [0, 0.05) is 38.6 Å². The summed E-state index contributed by atoms with van der Waals surface area (Å²) in [5, 5.41) is 3.54. The molecule has 5 nitrogen and oxygen atoms in total. The molecular weight excluding hydrogens is 290 g/mol. The number of hydrogen-bond donors (Lipinski definition) is 1. The zero-order valence-electron chi connectivity index (χ0n) is 15.0. The Morgan fingerprint density at radius 3 is 2.61 bits per heavy atom. The summed E-state index contributed by atoms with van der Waals surface area (Å²) in [5.74, 6) is 0.641. The van der Waals surface area contributed by atoms with Gasteiger partial charge in [0.15, 0.2) is 0 Å². The van der Waals surface area contributed by atoms with E-state index in [9.17, 15) is 4.79 Å². The molecule has 1 fully saturated rings. The van der Waals surface area contributed by atoms with Crippen molar-refractivity contribution in [1.29, 1.82) is 0 Å². The van der Waals surface area contributed by atoms with Crippen LogP contribution in [0, 0.1) is 5.92 Å². The molecule has 5 heteroatoms. The number of hydrogen-bond acceptors (Lipinski definition) is 3. The van der Waals surface area contributed by atoms with Gasteiger partial charge in [-0.15, -0.1) is 0 Å². The molecule has 1 N–H and O–H groups in total. The van der Waals surface area contributed by atoms with Crippen molar-refractivity contribution < 1.29 is 9.53 Å². The maximum absolute atomic E-state index is 12.0. The molecule has 0 unspecified atom stereocenters. The second-order valence-electron chi connectivity index (χ2n) is 7.39. The first-order valence-electron chi connectivity index (χ1n) is 8.70. The minimum absolute atomic E-state index is 0.176. The van der Waals surface area contributed by atoms with Crippen LogP contribution in [-0.4, -0.2) is 40.8 Å².